The molecule has 1 heterocycles. The Morgan fingerprint density at radius 3 is 2.32 bits per heavy atom. The Morgan fingerprint density at radius 2 is 1.68 bits per heavy atom. The molecule has 1 aliphatic rings. The lowest BCUT2D eigenvalue weighted by Crippen LogP contribution is -2.24. The van der Waals surface area contributed by atoms with Crippen molar-refractivity contribution in [1.29, 1.82) is 0 Å². The van der Waals surface area contributed by atoms with Gasteiger partial charge in [0.05, 0.1) is 11.4 Å². The molecule has 0 unspecified atom stereocenters. The summed E-state index contributed by atoms with van der Waals surface area (Å²) in [6.45, 7) is 3.21. The fourth-order valence-corrected chi connectivity index (χ4v) is 2.17. The van der Waals surface area contributed by atoms with E-state index < -0.39 is 0 Å². The third kappa shape index (κ3) is 3.44. The van der Waals surface area contributed by atoms with Crippen molar-refractivity contribution in [2.45, 2.75) is 6.42 Å². The van der Waals surface area contributed by atoms with E-state index in [1.807, 2.05) is 12.1 Å². The van der Waals surface area contributed by atoms with Gasteiger partial charge in [-0.05, 0) is 27.1 Å². The minimum atomic E-state index is 0.588. The molecule has 5 nitrogen and oxygen atoms in total. The van der Waals surface area contributed by atoms with Crippen LogP contribution < -0.4 is 20.1 Å². The molecular weight excluding hydrogens is 242 g/mol. The van der Waals surface area contributed by atoms with Crippen LogP contribution in [0, 0.1) is 0 Å². The highest BCUT2D eigenvalue weighted by Gasteiger charge is 2.16. The van der Waals surface area contributed by atoms with Gasteiger partial charge in [0.1, 0.15) is 13.2 Å². The second-order valence-corrected chi connectivity index (χ2v) is 5.13. The van der Waals surface area contributed by atoms with Crippen LogP contribution in [0.15, 0.2) is 12.1 Å². The Balaban J connectivity index is 2.06. The molecular formula is C14H23N3O2. The first-order chi connectivity index (χ1) is 9.08. The number of nitrogens with two attached hydrogens (primary N) is 1. The third-order valence-corrected chi connectivity index (χ3v) is 3.20. The summed E-state index contributed by atoms with van der Waals surface area (Å²) in [5.74, 6) is 1.53. The van der Waals surface area contributed by atoms with E-state index in [1.165, 1.54) is 0 Å². The zero-order chi connectivity index (χ0) is 13.8. The van der Waals surface area contributed by atoms with Gasteiger partial charge in [-0.1, -0.05) is 0 Å². The number of benzene rings is 1. The van der Waals surface area contributed by atoms with Crippen molar-refractivity contribution >= 4 is 11.4 Å². The molecule has 0 fully saturated rings. The molecule has 0 atom stereocenters. The highest BCUT2D eigenvalue weighted by Crippen LogP contribution is 2.38. The van der Waals surface area contributed by atoms with Crippen molar-refractivity contribution in [1.82, 2.24) is 4.90 Å². The summed E-state index contributed by atoms with van der Waals surface area (Å²) < 4.78 is 11.1. The molecule has 0 bridgehead atoms. The zero-order valence-corrected chi connectivity index (χ0v) is 12.0. The lowest BCUT2D eigenvalue weighted by Gasteiger charge is -2.25. The van der Waals surface area contributed by atoms with E-state index in [0.29, 0.717) is 13.2 Å². The monoisotopic (exact) mass is 265 g/mol. The lowest BCUT2D eigenvalue weighted by molar-refractivity contribution is 0.172. The largest absolute Gasteiger partial charge is 0.486 e. The molecule has 0 spiro atoms. The van der Waals surface area contributed by atoms with Crippen LogP contribution in [0.25, 0.3) is 0 Å². The molecule has 19 heavy (non-hydrogen) atoms. The molecule has 2 N–H and O–H groups in total. The summed E-state index contributed by atoms with van der Waals surface area (Å²) in [6, 6.07) is 3.83. The average molecular weight is 265 g/mol. The fourth-order valence-electron chi connectivity index (χ4n) is 2.17. The summed E-state index contributed by atoms with van der Waals surface area (Å²) in [4.78, 5) is 4.35. The van der Waals surface area contributed by atoms with Gasteiger partial charge >= 0.3 is 0 Å². The van der Waals surface area contributed by atoms with Crippen molar-refractivity contribution in [2.75, 3.05) is 58.1 Å². The number of anilines is 2. The van der Waals surface area contributed by atoms with Gasteiger partial charge in [0, 0.05) is 25.7 Å². The number of nitrogens with zero attached hydrogens (tertiary/aromatic N) is 2. The van der Waals surface area contributed by atoms with Crippen molar-refractivity contribution in [3.8, 4) is 11.5 Å². The highest BCUT2D eigenvalue weighted by atomic mass is 16.6. The van der Waals surface area contributed by atoms with Crippen molar-refractivity contribution < 1.29 is 9.47 Å². The van der Waals surface area contributed by atoms with E-state index in [-0.39, 0.29) is 0 Å². The number of ether oxygens (including phenoxy) is 2. The lowest BCUT2D eigenvalue weighted by atomic mass is 10.2. The molecule has 0 amide bonds. The van der Waals surface area contributed by atoms with Crippen LogP contribution in [0.4, 0.5) is 11.4 Å². The predicted octanol–water partition coefficient (Wildman–Crippen LogP) is 1.43. The number of hydrogen-bond acceptors (Lipinski definition) is 5. The molecule has 5 heteroatoms. The second kappa shape index (κ2) is 6.02. The molecule has 1 aliphatic heterocycles. The molecule has 0 saturated heterocycles. The Hall–Kier alpha value is -1.62. The topological polar surface area (TPSA) is 51.0 Å². The summed E-state index contributed by atoms with van der Waals surface area (Å²) in [5, 5.41) is 0. The fraction of sp³-hybridized carbons (Fsp3) is 0.571. The highest BCUT2D eigenvalue weighted by molar-refractivity contribution is 5.73. The molecule has 1 aromatic carbocycles. The third-order valence-electron chi connectivity index (χ3n) is 3.20. The molecule has 0 radical (unpaired) electrons. The average Bonchev–Trinajstić information content (AvgIpc) is 2.37. The summed E-state index contributed by atoms with van der Waals surface area (Å²) >= 11 is 0. The van der Waals surface area contributed by atoms with Crippen LogP contribution >= 0.6 is 0 Å². The maximum Gasteiger partial charge on any atom is 0.163 e. The second-order valence-electron chi connectivity index (χ2n) is 5.13. The Kier molecular flexibility index (Phi) is 4.37. The van der Waals surface area contributed by atoms with Crippen LogP contribution in [0.3, 0.4) is 0 Å². The van der Waals surface area contributed by atoms with E-state index in [9.17, 15) is 0 Å². The SMILES string of the molecule is CN(C)CCCN(C)c1cc2c(cc1N)OCCO2. The van der Waals surface area contributed by atoms with E-state index in [4.69, 9.17) is 15.2 Å². The molecule has 1 aromatic rings. The normalized spacial score (nSPS) is 13.7. The van der Waals surface area contributed by atoms with E-state index >= 15 is 0 Å². The van der Waals surface area contributed by atoms with E-state index in [0.717, 1.165) is 42.4 Å². The van der Waals surface area contributed by atoms with Crippen molar-refractivity contribution in [2.24, 2.45) is 0 Å². The van der Waals surface area contributed by atoms with Crippen molar-refractivity contribution in [3.63, 3.8) is 0 Å². The minimum absolute atomic E-state index is 0.588. The molecule has 0 saturated carbocycles. The Morgan fingerprint density at radius 1 is 1.05 bits per heavy atom. The van der Waals surface area contributed by atoms with Crippen LogP contribution in [0.2, 0.25) is 0 Å². The van der Waals surface area contributed by atoms with Gasteiger partial charge in [0.2, 0.25) is 0 Å². The van der Waals surface area contributed by atoms with E-state index in [1.54, 1.807) is 0 Å². The van der Waals surface area contributed by atoms with Gasteiger partial charge in [-0.2, -0.15) is 0 Å². The van der Waals surface area contributed by atoms with Crippen LogP contribution in [-0.4, -0.2) is 52.3 Å². The van der Waals surface area contributed by atoms with E-state index in [2.05, 4.69) is 30.9 Å². The molecule has 0 aromatic heterocycles. The predicted molar refractivity (Wildman–Crippen MR) is 78.3 cm³/mol. The summed E-state index contributed by atoms with van der Waals surface area (Å²) in [7, 11) is 6.22. The maximum absolute atomic E-state index is 6.09. The Bertz CT molecular complexity index is 435. The smallest absolute Gasteiger partial charge is 0.163 e. The molecule has 106 valence electrons. The van der Waals surface area contributed by atoms with Gasteiger partial charge in [0.15, 0.2) is 11.5 Å². The quantitative estimate of drug-likeness (QED) is 0.816. The molecule has 2 rings (SSSR count). The number of nitrogen functional groups attached to an aromatic ring is 1. The van der Waals surface area contributed by atoms with Gasteiger partial charge < -0.3 is 25.0 Å². The number of rotatable bonds is 5. The van der Waals surface area contributed by atoms with Gasteiger partial charge in [-0.15, -0.1) is 0 Å². The van der Waals surface area contributed by atoms with Gasteiger partial charge in [0.25, 0.3) is 0 Å². The number of hydrogen-bond donors (Lipinski definition) is 1. The standard InChI is InChI=1S/C14H23N3O2/c1-16(2)5-4-6-17(3)12-10-14-13(9-11(12)15)18-7-8-19-14/h9-10H,4-8,15H2,1-3H3. The maximum atomic E-state index is 6.09. The van der Waals surface area contributed by atoms with Crippen LogP contribution in [0.1, 0.15) is 6.42 Å². The number of fused-ring (bicyclic) bond motifs is 1. The first kappa shape index (κ1) is 13.8. The Labute approximate surface area is 114 Å². The first-order valence-corrected chi connectivity index (χ1v) is 6.63. The van der Waals surface area contributed by atoms with Gasteiger partial charge in [-0.3, -0.25) is 0 Å². The van der Waals surface area contributed by atoms with Gasteiger partial charge in [-0.25, -0.2) is 0 Å². The first-order valence-electron chi connectivity index (χ1n) is 6.63. The summed E-state index contributed by atoms with van der Waals surface area (Å²) in [5.41, 5.74) is 7.83. The van der Waals surface area contributed by atoms with Crippen LogP contribution in [0.5, 0.6) is 11.5 Å². The minimum Gasteiger partial charge on any atom is -0.486 e. The van der Waals surface area contributed by atoms with Crippen molar-refractivity contribution in [3.05, 3.63) is 12.1 Å². The summed E-state index contributed by atoms with van der Waals surface area (Å²) in [6.07, 6.45) is 1.09. The zero-order valence-electron chi connectivity index (χ0n) is 12.0. The van der Waals surface area contributed by atoms with Crippen LogP contribution in [-0.2, 0) is 0 Å². The molecule has 0 aliphatic carbocycles.